The summed E-state index contributed by atoms with van der Waals surface area (Å²) in [6.45, 7) is 17.8. The topological polar surface area (TPSA) is 26.3 Å². The molecule has 0 spiro atoms. The Balaban J connectivity index is 2.15. The number of allylic oxidation sites excluding steroid dienone is 3. The quantitative estimate of drug-likeness (QED) is 0.385. The van der Waals surface area contributed by atoms with E-state index in [4.69, 9.17) is 4.43 Å². The average Bonchev–Trinajstić information content (AvgIpc) is 2.96. The van der Waals surface area contributed by atoms with E-state index in [0.29, 0.717) is 23.8 Å². The molecule has 0 unspecified atom stereocenters. The lowest BCUT2D eigenvalue weighted by molar-refractivity contribution is -0.118. The third kappa shape index (κ3) is 3.30. The zero-order chi connectivity index (χ0) is 16.8. The standard InChI is InChI=1S/C19H32O2Si/c1-14(2)17(20)12-19(11-15-8-9-16(19)10-15)13-21-22(6,7)18(3,4)5/h8-9,15-16H,1,10-13H2,2-7H3/t15-,16+,19+/m0/s1. The van der Waals surface area contributed by atoms with E-state index in [1.165, 1.54) is 6.42 Å². The first-order chi connectivity index (χ1) is 9.97. The molecule has 2 aliphatic carbocycles. The second-order valence-electron chi connectivity index (χ2n) is 8.98. The molecule has 2 rings (SSSR count). The number of rotatable bonds is 6. The van der Waals surface area contributed by atoms with Crippen molar-refractivity contribution in [3.63, 3.8) is 0 Å². The van der Waals surface area contributed by atoms with E-state index in [1.807, 2.05) is 6.92 Å². The highest BCUT2D eigenvalue weighted by Crippen LogP contribution is 2.55. The van der Waals surface area contributed by atoms with Crippen molar-refractivity contribution in [2.75, 3.05) is 6.61 Å². The average molecular weight is 321 g/mol. The molecule has 1 saturated carbocycles. The fourth-order valence-corrected chi connectivity index (χ4v) is 4.57. The fourth-order valence-electron chi connectivity index (χ4n) is 3.49. The minimum Gasteiger partial charge on any atom is -0.416 e. The summed E-state index contributed by atoms with van der Waals surface area (Å²) in [6, 6.07) is 0. The molecule has 0 aromatic rings. The summed E-state index contributed by atoms with van der Waals surface area (Å²) < 4.78 is 6.54. The van der Waals surface area contributed by atoms with Gasteiger partial charge in [-0.2, -0.15) is 0 Å². The number of Topliss-reactive ketones (excluding diaryl/α,β-unsaturated/α-hetero) is 1. The van der Waals surface area contributed by atoms with Gasteiger partial charge in [-0.05, 0) is 55.3 Å². The molecule has 0 aromatic heterocycles. The third-order valence-electron chi connectivity index (χ3n) is 6.14. The van der Waals surface area contributed by atoms with Crippen LogP contribution in [0.15, 0.2) is 24.3 Å². The third-order valence-corrected chi connectivity index (χ3v) is 10.6. The van der Waals surface area contributed by atoms with Crippen LogP contribution in [0.3, 0.4) is 0 Å². The van der Waals surface area contributed by atoms with E-state index >= 15 is 0 Å². The van der Waals surface area contributed by atoms with Gasteiger partial charge in [0.1, 0.15) is 0 Å². The number of hydrogen-bond donors (Lipinski definition) is 0. The Bertz CT molecular complexity index is 498. The molecule has 2 bridgehead atoms. The Labute approximate surface area is 137 Å². The van der Waals surface area contributed by atoms with Crippen LogP contribution in [-0.4, -0.2) is 20.7 Å². The maximum atomic E-state index is 12.3. The second-order valence-corrected chi connectivity index (χ2v) is 13.8. The predicted octanol–water partition coefficient (Wildman–Crippen LogP) is 5.13. The molecule has 0 heterocycles. The molecular formula is C19H32O2Si. The van der Waals surface area contributed by atoms with Gasteiger partial charge in [-0.1, -0.05) is 39.5 Å². The lowest BCUT2D eigenvalue weighted by Crippen LogP contribution is -2.45. The maximum Gasteiger partial charge on any atom is 0.192 e. The highest BCUT2D eigenvalue weighted by atomic mass is 28.4. The van der Waals surface area contributed by atoms with Crippen molar-refractivity contribution in [2.45, 2.75) is 65.1 Å². The Hall–Kier alpha value is -0.673. The Kier molecular flexibility index (Phi) is 4.62. The molecule has 0 aromatic carbocycles. The predicted molar refractivity (Wildman–Crippen MR) is 95.4 cm³/mol. The smallest absolute Gasteiger partial charge is 0.192 e. The molecule has 0 N–H and O–H groups in total. The summed E-state index contributed by atoms with van der Waals surface area (Å²) in [6.07, 6.45) is 7.56. The van der Waals surface area contributed by atoms with Crippen LogP contribution in [-0.2, 0) is 9.22 Å². The van der Waals surface area contributed by atoms with E-state index in [-0.39, 0.29) is 16.2 Å². The summed E-state index contributed by atoms with van der Waals surface area (Å²) in [5.74, 6) is 1.36. The summed E-state index contributed by atoms with van der Waals surface area (Å²) in [7, 11) is -1.78. The van der Waals surface area contributed by atoms with Gasteiger partial charge in [-0.3, -0.25) is 4.79 Å². The summed E-state index contributed by atoms with van der Waals surface area (Å²) in [4.78, 5) is 12.3. The van der Waals surface area contributed by atoms with Gasteiger partial charge < -0.3 is 4.43 Å². The molecule has 3 heteroatoms. The maximum absolute atomic E-state index is 12.3. The minimum absolute atomic E-state index is 0.00493. The van der Waals surface area contributed by atoms with Crippen LogP contribution in [0.25, 0.3) is 0 Å². The summed E-state index contributed by atoms with van der Waals surface area (Å²) in [5, 5.41) is 0.208. The summed E-state index contributed by atoms with van der Waals surface area (Å²) >= 11 is 0. The number of fused-ring (bicyclic) bond motifs is 2. The van der Waals surface area contributed by atoms with E-state index < -0.39 is 8.32 Å². The first kappa shape index (κ1) is 17.7. The first-order valence-corrected chi connectivity index (χ1v) is 11.4. The van der Waals surface area contributed by atoms with Gasteiger partial charge in [0.2, 0.25) is 0 Å². The van der Waals surface area contributed by atoms with Gasteiger partial charge in [0.25, 0.3) is 0 Å². The molecular weight excluding hydrogens is 288 g/mol. The molecule has 0 radical (unpaired) electrons. The Morgan fingerprint density at radius 2 is 2.00 bits per heavy atom. The number of carbonyl (C=O) groups excluding carboxylic acids is 1. The Morgan fingerprint density at radius 1 is 1.36 bits per heavy atom. The van der Waals surface area contributed by atoms with Crippen molar-refractivity contribution in [3.8, 4) is 0 Å². The fraction of sp³-hybridized carbons (Fsp3) is 0.737. The van der Waals surface area contributed by atoms with E-state index in [9.17, 15) is 4.79 Å². The lowest BCUT2D eigenvalue weighted by atomic mass is 9.72. The van der Waals surface area contributed by atoms with Crippen molar-refractivity contribution >= 4 is 14.1 Å². The van der Waals surface area contributed by atoms with E-state index in [2.05, 4.69) is 52.6 Å². The van der Waals surface area contributed by atoms with Crippen LogP contribution >= 0.6 is 0 Å². The van der Waals surface area contributed by atoms with Crippen molar-refractivity contribution in [3.05, 3.63) is 24.3 Å². The number of hydrogen-bond acceptors (Lipinski definition) is 2. The van der Waals surface area contributed by atoms with Gasteiger partial charge in [0, 0.05) is 18.4 Å². The molecule has 0 saturated heterocycles. The zero-order valence-electron chi connectivity index (χ0n) is 15.2. The van der Waals surface area contributed by atoms with Crippen LogP contribution in [0.5, 0.6) is 0 Å². The largest absolute Gasteiger partial charge is 0.416 e. The highest BCUT2D eigenvalue weighted by molar-refractivity contribution is 6.74. The second kappa shape index (κ2) is 5.75. The van der Waals surface area contributed by atoms with E-state index in [0.717, 1.165) is 13.0 Å². The highest BCUT2D eigenvalue weighted by Gasteiger charge is 2.51. The number of carbonyl (C=O) groups is 1. The number of ketones is 1. The normalized spacial score (nSPS) is 30.8. The van der Waals surface area contributed by atoms with Gasteiger partial charge >= 0.3 is 0 Å². The van der Waals surface area contributed by atoms with Crippen LogP contribution in [0.2, 0.25) is 18.1 Å². The molecule has 2 aliphatic rings. The molecule has 1 fully saturated rings. The molecule has 2 nitrogen and oxygen atoms in total. The molecule has 3 atom stereocenters. The SMILES string of the molecule is C=C(C)C(=O)C[C@@]1(CO[Si](C)(C)C(C)(C)C)C[C@H]2C=C[C@@H]1C2. The zero-order valence-corrected chi connectivity index (χ0v) is 16.2. The van der Waals surface area contributed by atoms with Gasteiger partial charge in [0.15, 0.2) is 14.1 Å². The van der Waals surface area contributed by atoms with Gasteiger partial charge in [-0.15, -0.1) is 0 Å². The van der Waals surface area contributed by atoms with Crippen LogP contribution in [0.4, 0.5) is 0 Å². The van der Waals surface area contributed by atoms with Crippen molar-refractivity contribution in [1.82, 2.24) is 0 Å². The van der Waals surface area contributed by atoms with Crippen molar-refractivity contribution < 1.29 is 9.22 Å². The van der Waals surface area contributed by atoms with Crippen molar-refractivity contribution in [2.24, 2.45) is 17.3 Å². The van der Waals surface area contributed by atoms with Gasteiger partial charge in [0.05, 0.1) is 0 Å². The van der Waals surface area contributed by atoms with Crippen LogP contribution in [0.1, 0.15) is 47.0 Å². The molecule has 124 valence electrons. The minimum atomic E-state index is -1.78. The van der Waals surface area contributed by atoms with E-state index in [1.54, 1.807) is 0 Å². The van der Waals surface area contributed by atoms with Gasteiger partial charge in [-0.25, -0.2) is 0 Å². The lowest BCUT2D eigenvalue weighted by Gasteiger charge is -2.42. The van der Waals surface area contributed by atoms with Crippen LogP contribution in [0, 0.1) is 17.3 Å². The summed E-state index contributed by atoms with van der Waals surface area (Å²) in [5.41, 5.74) is 0.684. The molecule has 0 amide bonds. The first-order valence-electron chi connectivity index (χ1n) is 8.48. The Morgan fingerprint density at radius 3 is 2.41 bits per heavy atom. The van der Waals surface area contributed by atoms with Crippen molar-refractivity contribution in [1.29, 1.82) is 0 Å². The monoisotopic (exact) mass is 320 g/mol. The molecule has 0 aliphatic heterocycles. The molecule has 22 heavy (non-hydrogen) atoms. The van der Waals surface area contributed by atoms with Crippen LogP contribution < -0.4 is 0 Å².